The normalized spacial score (nSPS) is 18.0. The molecule has 0 bridgehead atoms. The largest absolute Gasteiger partial charge is 0.300 e. The van der Waals surface area contributed by atoms with Crippen LogP contribution in [0, 0.1) is 0 Å². The molecule has 0 atom stereocenters. The van der Waals surface area contributed by atoms with Gasteiger partial charge in [-0.05, 0) is 59.8 Å². The number of hydrogen-bond acceptors (Lipinski definition) is 3. The Labute approximate surface area is 149 Å². The van der Waals surface area contributed by atoms with Crippen LogP contribution in [-0.2, 0) is 4.79 Å². The number of rotatable bonds is 2. The molecule has 2 aromatic carbocycles. The van der Waals surface area contributed by atoms with Crippen LogP contribution in [-0.4, -0.2) is 11.1 Å². The highest BCUT2D eigenvalue weighted by atomic mass is 79.9. The molecule has 0 saturated carbocycles. The molecule has 0 radical (unpaired) electrons. The molecule has 0 unspecified atom stereocenters. The zero-order valence-corrected chi connectivity index (χ0v) is 15.2. The molecule has 1 aliphatic heterocycles. The zero-order valence-electron chi connectivity index (χ0n) is 11.2. The van der Waals surface area contributed by atoms with Gasteiger partial charge in [-0.3, -0.25) is 4.79 Å². The third-order valence-corrected chi connectivity index (χ3v) is 4.84. The fraction of sp³-hybridized carbons (Fsp3) is 0. The SMILES string of the molecule is O=C1NC(=Nc2ccc(Br)cc2)SC1=Cc1ccc(Br)cc1. The Kier molecular flexibility index (Phi) is 4.81. The van der Waals surface area contributed by atoms with Gasteiger partial charge in [-0.15, -0.1) is 0 Å². The molecule has 2 aromatic rings. The molecule has 6 heteroatoms. The summed E-state index contributed by atoms with van der Waals surface area (Å²) in [6.45, 7) is 0. The molecule has 0 aromatic heterocycles. The van der Waals surface area contributed by atoms with E-state index in [2.05, 4.69) is 42.2 Å². The van der Waals surface area contributed by atoms with Crippen molar-refractivity contribution in [2.24, 2.45) is 4.99 Å². The van der Waals surface area contributed by atoms with Gasteiger partial charge in [0, 0.05) is 8.95 Å². The van der Waals surface area contributed by atoms with Crippen molar-refractivity contribution in [2.75, 3.05) is 0 Å². The van der Waals surface area contributed by atoms with Gasteiger partial charge < -0.3 is 5.32 Å². The van der Waals surface area contributed by atoms with Crippen molar-refractivity contribution >= 4 is 66.5 Å². The van der Waals surface area contributed by atoms with Gasteiger partial charge >= 0.3 is 0 Å². The van der Waals surface area contributed by atoms with Crippen LogP contribution in [0.25, 0.3) is 6.08 Å². The van der Waals surface area contributed by atoms with Gasteiger partial charge in [-0.2, -0.15) is 0 Å². The first-order valence-corrected chi connectivity index (χ1v) is 8.81. The van der Waals surface area contributed by atoms with Gasteiger partial charge in [0.2, 0.25) is 0 Å². The number of carbonyl (C=O) groups excluding carboxylic acids is 1. The number of benzene rings is 2. The van der Waals surface area contributed by atoms with Gasteiger partial charge in [0.1, 0.15) is 0 Å². The summed E-state index contributed by atoms with van der Waals surface area (Å²) in [5.74, 6) is -0.121. The summed E-state index contributed by atoms with van der Waals surface area (Å²) in [5.41, 5.74) is 1.78. The topological polar surface area (TPSA) is 41.5 Å². The maximum atomic E-state index is 12.0. The molecule has 0 aliphatic carbocycles. The Balaban J connectivity index is 1.80. The van der Waals surface area contributed by atoms with Crippen LogP contribution in [0.15, 0.2) is 67.4 Å². The number of amides is 1. The second-order valence-electron chi connectivity index (χ2n) is 4.51. The zero-order chi connectivity index (χ0) is 15.5. The predicted octanol–water partition coefficient (Wildman–Crippen LogP) is 5.10. The Morgan fingerprint density at radius 2 is 1.55 bits per heavy atom. The van der Waals surface area contributed by atoms with Crippen LogP contribution < -0.4 is 5.32 Å². The minimum atomic E-state index is -0.121. The van der Waals surface area contributed by atoms with Gasteiger partial charge in [0.25, 0.3) is 5.91 Å². The van der Waals surface area contributed by atoms with Gasteiger partial charge in [-0.1, -0.05) is 44.0 Å². The first kappa shape index (κ1) is 15.5. The minimum absolute atomic E-state index is 0.121. The molecule has 1 N–H and O–H groups in total. The molecule has 1 aliphatic rings. The van der Waals surface area contributed by atoms with Crippen molar-refractivity contribution in [3.63, 3.8) is 0 Å². The third-order valence-electron chi connectivity index (χ3n) is 2.88. The number of amidine groups is 1. The minimum Gasteiger partial charge on any atom is -0.300 e. The molecule has 1 fully saturated rings. The average molecular weight is 438 g/mol. The molecule has 3 rings (SSSR count). The Morgan fingerprint density at radius 3 is 2.18 bits per heavy atom. The fourth-order valence-electron chi connectivity index (χ4n) is 1.82. The summed E-state index contributed by atoms with van der Waals surface area (Å²) in [4.78, 5) is 17.1. The summed E-state index contributed by atoms with van der Waals surface area (Å²) in [5, 5.41) is 3.38. The van der Waals surface area contributed by atoms with E-state index in [1.807, 2.05) is 54.6 Å². The first-order valence-electron chi connectivity index (χ1n) is 6.41. The van der Waals surface area contributed by atoms with Crippen molar-refractivity contribution in [1.82, 2.24) is 5.32 Å². The highest BCUT2D eigenvalue weighted by Gasteiger charge is 2.23. The summed E-state index contributed by atoms with van der Waals surface area (Å²) in [7, 11) is 0. The van der Waals surface area contributed by atoms with Crippen molar-refractivity contribution in [3.8, 4) is 0 Å². The second-order valence-corrected chi connectivity index (χ2v) is 7.37. The van der Waals surface area contributed by atoms with Crippen molar-refractivity contribution in [3.05, 3.63) is 67.9 Å². The predicted molar refractivity (Wildman–Crippen MR) is 99.1 cm³/mol. The van der Waals surface area contributed by atoms with Crippen LogP contribution in [0.1, 0.15) is 5.56 Å². The summed E-state index contributed by atoms with van der Waals surface area (Å²) >= 11 is 8.12. The van der Waals surface area contributed by atoms with Crippen LogP contribution in [0.5, 0.6) is 0 Å². The van der Waals surface area contributed by atoms with E-state index in [1.54, 1.807) is 0 Å². The monoisotopic (exact) mass is 436 g/mol. The smallest absolute Gasteiger partial charge is 0.264 e. The van der Waals surface area contributed by atoms with E-state index in [0.29, 0.717) is 10.1 Å². The van der Waals surface area contributed by atoms with E-state index in [0.717, 1.165) is 20.2 Å². The third kappa shape index (κ3) is 3.88. The molecular formula is C16H10Br2N2OS. The van der Waals surface area contributed by atoms with Crippen molar-refractivity contribution in [2.45, 2.75) is 0 Å². The van der Waals surface area contributed by atoms with E-state index >= 15 is 0 Å². The quantitative estimate of drug-likeness (QED) is 0.663. The lowest BCUT2D eigenvalue weighted by Gasteiger charge is -1.96. The van der Waals surface area contributed by atoms with E-state index in [1.165, 1.54) is 11.8 Å². The van der Waals surface area contributed by atoms with Crippen molar-refractivity contribution in [1.29, 1.82) is 0 Å². The molecule has 3 nitrogen and oxygen atoms in total. The Bertz CT molecular complexity index is 768. The van der Waals surface area contributed by atoms with E-state index < -0.39 is 0 Å². The maximum Gasteiger partial charge on any atom is 0.264 e. The first-order chi connectivity index (χ1) is 10.6. The molecule has 1 amide bonds. The Hall–Kier alpha value is -1.37. The van der Waals surface area contributed by atoms with Gasteiger partial charge in [0.15, 0.2) is 5.17 Å². The van der Waals surface area contributed by atoms with E-state index in [9.17, 15) is 4.79 Å². The number of nitrogens with zero attached hydrogens (tertiary/aromatic N) is 1. The van der Waals surface area contributed by atoms with Gasteiger partial charge in [-0.25, -0.2) is 4.99 Å². The summed E-state index contributed by atoms with van der Waals surface area (Å²) < 4.78 is 2.01. The molecule has 1 heterocycles. The second kappa shape index (κ2) is 6.81. The number of halogens is 2. The van der Waals surface area contributed by atoms with E-state index in [4.69, 9.17) is 0 Å². The standard InChI is InChI=1S/C16H10Br2N2OS/c17-11-3-1-10(2-4-11)9-14-15(21)20-16(22-14)19-13-7-5-12(18)6-8-13/h1-9H,(H,19,20,21). The summed E-state index contributed by atoms with van der Waals surface area (Å²) in [6, 6.07) is 15.4. The number of carbonyl (C=O) groups is 1. The van der Waals surface area contributed by atoms with Crippen molar-refractivity contribution < 1.29 is 4.79 Å². The van der Waals surface area contributed by atoms with Crippen LogP contribution in [0.3, 0.4) is 0 Å². The molecule has 110 valence electrons. The summed E-state index contributed by atoms with van der Waals surface area (Å²) in [6.07, 6.45) is 1.86. The number of thioether (sulfide) groups is 1. The average Bonchev–Trinajstić information content (AvgIpc) is 2.84. The lowest BCUT2D eigenvalue weighted by atomic mass is 10.2. The molecule has 0 spiro atoms. The number of nitrogens with one attached hydrogen (secondary N) is 1. The highest BCUT2D eigenvalue weighted by Crippen LogP contribution is 2.28. The fourth-order valence-corrected chi connectivity index (χ4v) is 3.19. The van der Waals surface area contributed by atoms with Gasteiger partial charge in [0.05, 0.1) is 10.6 Å². The van der Waals surface area contributed by atoms with Crippen LogP contribution in [0.4, 0.5) is 5.69 Å². The number of aliphatic imine (C=N–C) groups is 1. The van der Waals surface area contributed by atoms with Crippen LogP contribution in [0.2, 0.25) is 0 Å². The molecular weight excluding hydrogens is 428 g/mol. The lowest BCUT2D eigenvalue weighted by molar-refractivity contribution is -0.115. The molecule has 1 saturated heterocycles. The maximum absolute atomic E-state index is 12.0. The van der Waals surface area contributed by atoms with Crippen LogP contribution >= 0.6 is 43.6 Å². The highest BCUT2D eigenvalue weighted by molar-refractivity contribution is 9.10. The lowest BCUT2D eigenvalue weighted by Crippen LogP contribution is -2.19. The van der Waals surface area contributed by atoms with E-state index in [-0.39, 0.29) is 5.91 Å². The number of hydrogen-bond donors (Lipinski definition) is 1. The molecule has 22 heavy (non-hydrogen) atoms. The Morgan fingerprint density at radius 1 is 0.955 bits per heavy atom.